The largest absolute Gasteiger partial charge is 0.416 e. The number of hydrogen-bond acceptors (Lipinski definition) is 1. The Balaban J connectivity index is 3.37. The summed E-state index contributed by atoms with van der Waals surface area (Å²) in [5.74, 6) is 0. The molecule has 1 atom stereocenters. The van der Waals surface area contributed by atoms with E-state index in [4.69, 9.17) is 5.26 Å². The van der Waals surface area contributed by atoms with Gasteiger partial charge in [0.25, 0.3) is 0 Å². The zero-order chi connectivity index (χ0) is 11.6. The van der Waals surface area contributed by atoms with Gasteiger partial charge >= 0.3 is 6.18 Å². The molecule has 0 fully saturated rings. The first-order valence-electron chi connectivity index (χ1n) is 4.11. The Kier molecular flexibility index (Phi) is 3.40. The second kappa shape index (κ2) is 4.23. The fourth-order valence-corrected chi connectivity index (χ4v) is 1.62. The van der Waals surface area contributed by atoms with Gasteiger partial charge in [-0.2, -0.15) is 18.4 Å². The number of nitriles is 1. The minimum Gasteiger partial charge on any atom is -0.192 e. The van der Waals surface area contributed by atoms with Crippen LogP contribution in [-0.4, -0.2) is 0 Å². The molecule has 0 aromatic heterocycles. The molecular formula is C10H7BrF3N. The topological polar surface area (TPSA) is 23.8 Å². The molecule has 1 aromatic rings. The summed E-state index contributed by atoms with van der Waals surface area (Å²) in [5, 5.41) is 8.53. The van der Waals surface area contributed by atoms with Crippen molar-refractivity contribution in [2.75, 3.05) is 0 Å². The van der Waals surface area contributed by atoms with Crippen molar-refractivity contribution < 1.29 is 13.2 Å². The summed E-state index contributed by atoms with van der Waals surface area (Å²) in [5.41, 5.74) is -0.605. The van der Waals surface area contributed by atoms with Crippen LogP contribution in [0.15, 0.2) is 18.2 Å². The summed E-state index contributed by atoms with van der Waals surface area (Å²) in [6, 6.07) is 5.26. The van der Waals surface area contributed by atoms with Crippen molar-refractivity contribution >= 4 is 15.9 Å². The van der Waals surface area contributed by atoms with E-state index in [0.29, 0.717) is 0 Å². The summed E-state index contributed by atoms with van der Waals surface area (Å²) in [6.45, 7) is 1.61. The van der Waals surface area contributed by atoms with Crippen LogP contribution in [0.4, 0.5) is 13.2 Å². The lowest BCUT2D eigenvalue weighted by Crippen LogP contribution is -2.09. The Bertz CT molecular complexity index is 404. The van der Waals surface area contributed by atoms with E-state index < -0.39 is 16.6 Å². The van der Waals surface area contributed by atoms with Crippen molar-refractivity contribution in [1.82, 2.24) is 0 Å². The molecule has 0 aliphatic heterocycles. The Hall–Kier alpha value is -1.02. The first-order chi connectivity index (χ1) is 6.86. The highest BCUT2D eigenvalue weighted by atomic mass is 79.9. The molecule has 0 spiro atoms. The van der Waals surface area contributed by atoms with Crippen LogP contribution in [0.5, 0.6) is 0 Å². The third kappa shape index (κ3) is 2.72. The first-order valence-corrected chi connectivity index (χ1v) is 5.03. The number of alkyl halides is 4. The van der Waals surface area contributed by atoms with Crippen LogP contribution in [0.25, 0.3) is 0 Å². The summed E-state index contributed by atoms with van der Waals surface area (Å²) in [7, 11) is 0. The summed E-state index contributed by atoms with van der Waals surface area (Å²) in [4.78, 5) is -0.401. The number of rotatable bonds is 1. The highest BCUT2D eigenvalue weighted by Gasteiger charge is 2.34. The lowest BCUT2D eigenvalue weighted by molar-refractivity contribution is -0.138. The third-order valence-corrected chi connectivity index (χ3v) is 2.41. The average molecular weight is 278 g/mol. The molecule has 1 aromatic carbocycles. The van der Waals surface area contributed by atoms with Gasteiger partial charge in [-0.3, -0.25) is 0 Å². The van der Waals surface area contributed by atoms with Gasteiger partial charge in [-0.1, -0.05) is 22.0 Å². The maximum absolute atomic E-state index is 12.6. The van der Waals surface area contributed by atoms with Gasteiger partial charge in [0.2, 0.25) is 0 Å². The summed E-state index contributed by atoms with van der Waals surface area (Å²) in [6.07, 6.45) is -4.43. The molecule has 0 N–H and O–H groups in total. The maximum atomic E-state index is 12.6. The van der Waals surface area contributed by atoms with Gasteiger partial charge in [0.15, 0.2) is 0 Å². The lowest BCUT2D eigenvalue weighted by atomic mass is 10.0. The van der Waals surface area contributed by atoms with E-state index in [0.717, 1.165) is 6.07 Å². The average Bonchev–Trinajstić information content (AvgIpc) is 2.15. The molecule has 0 radical (unpaired) electrons. The Labute approximate surface area is 93.6 Å². The lowest BCUT2D eigenvalue weighted by Gasteiger charge is -2.14. The third-order valence-electron chi connectivity index (χ3n) is 1.92. The normalized spacial score (nSPS) is 13.3. The number of benzene rings is 1. The van der Waals surface area contributed by atoms with Gasteiger partial charge in [-0.05, 0) is 24.6 Å². The van der Waals surface area contributed by atoms with E-state index in [-0.39, 0.29) is 11.1 Å². The molecule has 80 valence electrons. The van der Waals surface area contributed by atoms with Crippen molar-refractivity contribution in [2.24, 2.45) is 0 Å². The molecule has 1 nitrogen and oxygen atoms in total. The van der Waals surface area contributed by atoms with Crippen LogP contribution in [-0.2, 0) is 6.18 Å². The van der Waals surface area contributed by atoms with E-state index in [1.165, 1.54) is 12.1 Å². The van der Waals surface area contributed by atoms with Gasteiger partial charge in [0.1, 0.15) is 0 Å². The molecule has 0 saturated carbocycles. The van der Waals surface area contributed by atoms with Gasteiger partial charge in [0.05, 0.1) is 17.2 Å². The molecule has 0 heterocycles. The molecule has 1 unspecified atom stereocenters. The second-order valence-electron chi connectivity index (χ2n) is 3.03. The second-order valence-corrected chi connectivity index (χ2v) is 4.40. The van der Waals surface area contributed by atoms with Crippen LogP contribution in [0.3, 0.4) is 0 Å². The molecule has 1 rings (SSSR count). The van der Waals surface area contributed by atoms with Crippen molar-refractivity contribution in [3.8, 4) is 6.07 Å². The molecule has 0 amide bonds. The predicted molar refractivity (Wildman–Crippen MR) is 53.5 cm³/mol. The minimum atomic E-state index is -4.43. The van der Waals surface area contributed by atoms with Gasteiger partial charge in [-0.25, -0.2) is 0 Å². The Morgan fingerprint density at radius 2 is 2.00 bits per heavy atom. The quantitative estimate of drug-likeness (QED) is 0.711. The van der Waals surface area contributed by atoms with E-state index in [1.54, 1.807) is 13.0 Å². The minimum absolute atomic E-state index is 0.0132. The smallest absolute Gasteiger partial charge is 0.192 e. The molecular weight excluding hydrogens is 271 g/mol. The van der Waals surface area contributed by atoms with Crippen LogP contribution in [0.2, 0.25) is 0 Å². The Morgan fingerprint density at radius 3 is 2.40 bits per heavy atom. The highest BCUT2D eigenvalue weighted by molar-refractivity contribution is 9.09. The van der Waals surface area contributed by atoms with Crippen LogP contribution in [0, 0.1) is 11.3 Å². The standard InChI is InChI=1S/C10H7BrF3N/c1-6(11)8-3-2-7(5-15)4-9(8)10(12,13)14/h2-4,6H,1H3. The maximum Gasteiger partial charge on any atom is 0.416 e. The molecule has 15 heavy (non-hydrogen) atoms. The van der Waals surface area contributed by atoms with E-state index in [9.17, 15) is 13.2 Å². The zero-order valence-electron chi connectivity index (χ0n) is 7.77. The fraction of sp³-hybridized carbons (Fsp3) is 0.300. The summed E-state index contributed by atoms with van der Waals surface area (Å²) >= 11 is 3.09. The van der Waals surface area contributed by atoms with Gasteiger partial charge in [-0.15, -0.1) is 0 Å². The molecule has 0 bridgehead atoms. The van der Waals surface area contributed by atoms with Gasteiger partial charge < -0.3 is 0 Å². The number of nitrogens with zero attached hydrogens (tertiary/aromatic N) is 1. The summed E-state index contributed by atoms with van der Waals surface area (Å²) < 4.78 is 37.8. The van der Waals surface area contributed by atoms with E-state index >= 15 is 0 Å². The SMILES string of the molecule is CC(Br)c1ccc(C#N)cc1C(F)(F)F. The van der Waals surface area contributed by atoms with Crippen molar-refractivity contribution in [1.29, 1.82) is 5.26 Å². The number of hydrogen-bond donors (Lipinski definition) is 0. The van der Waals surface area contributed by atoms with Crippen LogP contribution >= 0.6 is 15.9 Å². The van der Waals surface area contributed by atoms with Crippen LogP contribution < -0.4 is 0 Å². The van der Waals surface area contributed by atoms with E-state index in [2.05, 4.69) is 15.9 Å². The fourth-order valence-electron chi connectivity index (χ4n) is 1.22. The highest BCUT2D eigenvalue weighted by Crippen LogP contribution is 2.37. The molecule has 0 saturated heterocycles. The molecule has 0 aliphatic rings. The molecule has 5 heteroatoms. The Morgan fingerprint density at radius 1 is 1.40 bits per heavy atom. The predicted octanol–water partition coefficient (Wildman–Crippen LogP) is 4.03. The molecule has 0 aliphatic carbocycles. The van der Waals surface area contributed by atoms with Crippen LogP contribution in [0.1, 0.15) is 28.4 Å². The zero-order valence-corrected chi connectivity index (χ0v) is 9.35. The van der Waals surface area contributed by atoms with Crippen molar-refractivity contribution in [3.63, 3.8) is 0 Å². The van der Waals surface area contributed by atoms with Gasteiger partial charge in [0, 0.05) is 4.83 Å². The van der Waals surface area contributed by atoms with Crippen molar-refractivity contribution in [3.05, 3.63) is 34.9 Å². The van der Waals surface area contributed by atoms with Crippen molar-refractivity contribution in [2.45, 2.75) is 17.9 Å². The van der Waals surface area contributed by atoms with E-state index in [1.807, 2.05) is 0 Å². The first kappa shape index (κ1) is 12.1. The number of halogens is 4. The monoisotopic (exact) mass is 277 g/mol.